The Bertz CT molecular complexity index is 734. The van der Waals surface area contributed by atoms with Crippen molar-refractivity contribution in [3.05, 3.63) is 65.2 Å². The van der Waals surface area contributed by atoms with Gasteiger partial charge in [0.25, 0.3) is 5.91 Å². The Labute approximate surface area is 156 Å². The summed E-state index contributed by atoms with van der Waals surface area (Å²) in [5.41, 5.74) is 4.08. The maximum absolute atomic E-state index is 13.2. The molecule has 0 N–H and O–H groups in total. The van der Waals surface area contributed by atoms with Crippen LogP contribution in [0.25, 0.3) is 0 Å². The maximum Gasteiger partial charge on any atom is 0.254 e. The Kier molecular flexibility index (Phi) is 5.94. The molecule has 1 fully saturated rings. The number of carbonyl (C=O) groups is 1. The smallest absolute Gasteiger partial charge is 0.254 e. The zero-order valence-electron chi connectivity index (χ0n) is 15.9. The van der Waals surface area contributed by atoms with Gasteiger partial charge in [-0.25, -0.2) is 0 Å². The van der Waals surface area contributed by atoms with Gasteiger partial charge in [-0.1, -0.05) is 30.3 Å². The van der Waals surface area contributed by atoms with E-state index in [0.717, 1.165) is 41.8 Å². The second-order valence-electron chi connectivity index (χ2n) is 7.20. The van der Waals surface area contributed by atoms with Gasteiger partial charge in [-0.2, -0.15) is 0 Å². The van der Waals surface area contributed by atoms with Crippen molar-refractivity contribution >= 4 is 11.6 Å². The summed E-state index contributed by atoms with van der Waals surface area (Å²) in [7, 11) is 4.06. The van der Waals surface area contributed by atoms with Crippen LogP contribution in [-0.2, 0) is 11.3 Å². The molecule has 0 saturated carbocycles. The molecule has 0 aliphatic carbocycles. The van der Waals surface area contributed by atoms with Crippen LogP contribution in [0.15, 0.2) is 48.5 Å². The Hall–Kier alpha value is -2.33. The van der Waals surface area contributed by atoms with Gasteiger partial charge in [0.1, 0.15) is 0 Å². The molecule has 0 bridgehead atoms. The molecule has 26 heavy (non-hydrogen) atoms. The largest absolute Gasteiger partial charge is 0.378 e. The van der Waals surface area contributed by atoms with E-state index in [9.17, 15) is 4.79 Å². The number of anilines is 1. The molecule has 2 aromatic rings. The lowest BCUT2D eigenvalue weighted by Crippen LogP contribution is -2.37. The van der Waals surface area contributed by atoms with Crippen LogP contribution in [-0.4, -0.2) is 44.2 Å². The first-order valence-corrected chi connectivity index (χ1v) is 9.27. The van der Waals surface area contributed by atoms with Gasteiger partial charge in [-0.05, 0) is 49.1 Å². The normalized spacial score (nSPS) is 16.5. The molecule has 2 aromatic carbocycles. The standard InChI is InChI=1S/C22H28N2O2/c1-17-7-4-5-9-21(17)22(25)24(16-20-8-6-14-26-20)15-18-10-12-19(13-11-18)23(2)3/h4-5,7,9-13,20H,6,8,14-16H2,1-3H3/t20-/m1/s1. The van der Waals surface area contributed by atoms with Crippen LogP contribution in [0.3, 0.4) is 0 Å². The second-order valence-corrected chi connectivity index (χ2v) is 7.20. The van der Waals surface area contributed by atoms with E-state index in [4.69, 9.17) is 4.74 Å². The third kappa shape index (κ3) is 4.44. The summed E-state index contributed by atoms with van der Waals surface area (Å²) in [6, 6.07) is 16.2. The minimum absolute atomic E-state index is 0.0790. The van der Waals surface area contributed by atoms with Crippen molar-refractivity contribution < 1.29 is 9.53 Å². The minimum atomic E-state index is 0.0790. The van der Waals surface area contributed by atoms with E-state index >= 15 is 0 Å². The van der Waals surface area contributed by atoms with Crippen molar-refractivity contribution in [1.29, 1.82) is 0 Å². The van der Waals surface area contributed by atoms with E-state index in [1.54, 1.807) is 0 Å². The zero-order chi connectivity index (χ0) is 18.5. The number of hydrogen-bond acceptors (Lipinski definition) is 3. The molecule has 1 heterocycles. The van der Waals surface area contributed by atoms with Crippen molar-refractivity contribution in [2.45, 2.75) is 32.4 Å². The molecule has 0 unspecified atom stereocenters. The molecule has 4 heteroatoms. The number of amides is 1. The topological polar surface area (TPSA) is 32.8 Å². The lowest BCUT2D eigenvalue weighted by atomic mass is 10.1. The van der Waals surface area contributed by atoms with E-state index in [0.29, 0.717) is 13.1 Å². The highest BCUT2D eigenvalue weighted by Gasteiger charge is 2.24. The number of ether oxygens (including phenoxy) is 1. The highest BCUT2D eigenvalue weighted by atomic mass is 16.5. The monoisotopic (exact) mass is 352 g/mol. The Morgan fingerprint density at radius 2 is 1.85 bits per heavy atom. The average Bonchev–Trinajstić information content (AvgIpc) is 3.14. The summed E-state index contributed by atoms with van der Waals surface area (Å²) < 4.78 is 5.79. The molecule has 0 radical (unpaired) electrons. The van der Waals surface area contributed by atoms with E-state index in [-0.39, 0.29) is 12.0 Å². The summed E-state index contributed by atoms with van der Waals surface area (Å²) in [5, 5.41) is 0. The predicted octanol–water partition coefficient (Wildman–Crippen LogP) is 3.88. The molecular formula is C22H28N2O2. The Balaban J connectivity index is 1.80. The lowest BCUT2D eigenvalue weighted by Gasteiger charge is -2.26. The van der Waals surface area contributed by atoms with Gasteiger partial charge < -0.3 is 14.5 Å². The van der Waals surface area contributed by atoms with Gasteiger partial charge in [0, 0.05) is 45.0 Å². The molecule has 1 aliphatic rings. The molecule has 0 aromatic heterocycles. The number of rotatable bonds is 6. The van der Waals surface area contributed by atoms with Gasteiger partial charge in [-0.15, -0.1) is 0 Å². The van der Waals surface area contributed by atoms with E-state index in [2.05, 4.69) is 29.2 Å². The van der Waals surface area contributed by atoms with Crippen LogP contribution in [0.4, 0.5) is 5.69 Å². The second kappa shape index (κ2) is 8.37. The Morgan fingerprint density at radius 3 is 2.46 bits per heavy atom. The third-order valence-electron chi connectivity index (χ3n) is 4.94. The molecule has 1 saturated heterocycles. The Morgan fingerprint density at radius 1 is 1.12 bits per heavy atom. The van der Waals surface area contributed by atoms with Crippen molar-refractivity contribution in [1.82, 2.24) is 4.90 Å². The molecular weight excluding hydrogens is 324 g/mol. The van der Waals surface area contributed by atoms with Crippen LogP contribution in [0, 0.1) is 6.92 Å². The van der Waals surface area contributed by atoms with Gasteiger partial charge in [-0.3, -0.25) is 4.79 Å². The number of hydrogen-bond donors (Lipinski definition) is 0. The minimum Gasteiger partial charge on any atom is -0.378 e. The van der Waals surface area contributed by atoms with E-state index in [1.165, 1.54) is 0 Å². The van der Waals surface area contributed by atoms with Crippen LogP contribution < -0.4 is 4.90 Å². The number of benzene rings is 2. The number of carbonyl (C=O) groups excluding carboxylic acids is 1. The molecule has 3 rings (SSSR count). The molecule has 1 amide bonds. The molecule has 1 aliphatic heterocycles. The fourth-order valence-electron chi connectivity index (χ4n) is 3.36. The van der Waals surface area contributed by atoms with Gasteiger partial charge in [0.05, 0.1) is 6.10 Å². The van der Waals surface area contributed by atoms with Crippen molar-refractivity contribution in [3.63, 3.8) is 0 Å². The van der Waals surface area contributed by atoms with Crippen LogP contribution >= 0.6 is 0 Å². The highest BCUT2D eigenvalue weighted by molar-refractivity contribution is 5.95. The SMILES string of the molecule is Cc1ccccc1C(=O)N(Cc1ccc(N(C)C)cc1)C[C@H]1CCCO1. The highest BCUT2D eigenvalue weighted by Crippen LogP contribution is 2.20. The third-order valence-corrected chi connectivity index (χ3v) is 4.94. The summed E-state index contributed by atoms with van der Waals surface area (Å²) in [4.78, 5) is 17.2. The van der Waals surface area contributed by atoms with Gasteiger partial charge in [0.2, 0.25) is 0 Å². The first-order chi connectivity index (χ1) is 12.5. The molecule has 1 atom stereocenters. The molecule has 138 valence electrons. The van der Waals surface area contributed by atoms with Crippen molar-refractivity contribution in [3.8, 4) is 0 Å². The van der Waals surface area contributed by atoms with E-state index < -0.39 is 0 Å². The van der Waals surface area contributed by atoms with Crippen LogP contribution in [0.2, 0.25) is 0 Å². The summed E-state index contributed by atoms with van der Waals surface area (Å²) >= 11 is 0. The summed E-state index contributed by atoms with van der Waals surface area (Å²) in [6.45, 7) is 4.03. The molecule has 0 spiro atoms. The van der Waals surface area contributed by atoms with Crippen LogP contribution in [0.1, 0.15) is 34.3 Å². The summed E-state index contributed by atoms with van der Waals surface area (Å²) in [6.07, 6.45) is 2.25. The number of nitrogens with zero attached hydrogens (tertiary/aromatic N) is 2. The van der Waals surface area contributed by atoms with Crippen molar-refractivity contribution in [2.75, 3.05) is 32.1 Å². The zero-order valence-corrected chi connectivity index (χ0v) is 15.9. The first-order valence-electron chi connectivity index (χ1n) is 9.27. The quantitative estimate of drug-likeness (QED) is 0.791. The fraction of sp³-hybridized carbons (Fsp3) is 0.409. The van der Waals surface area contributed by atoms with Crippen molar-refractivity contribution in [2.24, 2.45) is 0 Å². The fourth-order valence-corrected chi connectivity index (χ4v) is 3.36. The summed E-state index contributed by atoms with van der Waals surface area (Å²) in [5.74, 6) is 0.0790. The lowest BCUT2D eigenvalue weighted by molar-refractivity contribution is 0.0506. The molecule has 4 nitrogen and oxygen atoms in total. The van der Waals surface area contributed by atoms with Gasteiger partial charge >= 0.3 is 0 Å². The maximum atomic E-state index is 13.2. The number of aryl methyl sites for hydroxylation is 1. The average molecular weight is 352 g/mol. The van der Waals surface area contributed by atoms with Crippen LogP contribution in [0.5, 0.6) is 0 Å². The van der Waals surface area contributed by atoms with Gasteiger partial charge in [0.15, 0.2) is 0 Å². The first kappa shape index (κ1) is 18.5. The van der Waals surface area contributed by atoms with E-state index in [1.807, 2.05) is 50.2 Å². The predicted molar refractivity (Wildman–Crippen MR) is 106 cm³/mol.